The second-order valence-electron chi connectivity index (χ2n) is 7.16. The third-order valence-corrected chi connectivity index (χ3v) is 4.69. The number of anilines is 1. The minimum Gasteiger partial charge on any atom is -0.309 e. The Bertz CT molecular complexity index is 1230. The molecule has 0 radical (unpaired) electrons. The van der Waals surface area contributed by atoms with Gasteiger partial charge in [-0.15, -0.1) is 0 Å². The number of carbonyl (C=O) groups is 1. The van der Waals surface area contributed by atoms with Crippen LogP contribution >= 0.6 is 0 Å². The lowest BCUT2D eigenvalue weighted by atomic mass is 10.0. The molecule has 3 heterocycles. The maximum Gasteiger partial charge on any atom is 0.285 e. The van der Waals surface area contributed by atoms with Crippen molar-refractivity contribution in [2.75, 3.05) is 5.32 Å². The molecule has 160 valence electrons. The van der Waals surface area contributed by atoms with Gasteiger partial charge in [0.2, 0.25) is 5.91 Å². The monoisotopic (exact) mass is 420 g/mol. The summed E-state index contributed by atoms with van der Waals surface area (Å²) in [6.45, 7) is 8.92. The van der Waals surface area contributed by atoms with Crippen LogP contribution in [0.4, 0.5) is 5.82 Å². The number of carbonyl (C=O) groups excluding carboxylic acids is 1. The smallest absolute Gasteiger partial charge is 0.285 e. The molecule has 31 heavy (non-hydrogen) atoms. The minimum atomic E-state index is -0.575. The van der Waals surface area contributed by atoms with Crippen molar-refractivity contribution in [3.63, 3.8) is 0 Å². The van der Waals surface area contributed by atoms with Gasteiger partial charge in [-0.3, -0.25) is 9.59 Å². The predicted molar refractivity (Wildman–Crippen MR) is 114 cm³/mol. The van der Waals surface area contributed by atoms with Crippen molar-refractivity contribution < 1.29 is 4.79 Å². The van der Waals surface area contributed by atoms with Gasteiger partial charge >= 0.3 is 0 Å². The number of amides is 1. The number of aromatic nitrogens is 6. The van der Waals surface area contributed by atoms with Crippen molar-refractivity contribution in [3.05, 3.63) is 56.4 Å². The average molecular weight is 420 g/mol. The van der Waals surface area contributed by atoms with Crippen molar-refractivity contribution in [2.24, 2.45) is 0 Å². The van der Waals surface area contributed by atoms with Gasteiger partial charge in [-0.25, -0.2) is 14.6 Å². The first-order valence-corrected chi connectivity index (χ1v) is 9.99. The molecule has 10 heteroatoms. The van der Waals surface area contributed by atoms with Crippen LogP contribution in [0.5, 0.6) is 0 Å². The number of nitrogens with one attached hydrogen (secondary N) is 1. The molecule has 3 aromatic rings. The van der Waals surface area contributed by atoms with E-state index in [0.29, 0.717) is 41.6 Å². The highest BCUT2D eigenvalue weighted by molar-refractivity contribution is 5.89. The molecule has 3 rings (SSSR count). The Balaban J connectivity index is 1.93. The maximum atomic E-state index is 12.7. The summed E-state index contributed by atoms with van der Waals surface area (Å²) < 4.78 is 2.48. The highest BCUT2D eigenvalue weighted by Crippen LogP contribution is 2.16. The maximum absolute atomic E-state index is 12.7. The number of rotatable bonds is 6. The molecule has 10 nitrogen and oxygen atoms in total. The van der Waals surface area contributed by atoms with Crippen molar-refractivity contribution in [1.29, 1.82) is 5.26 Å². The van der Waals surface area contributed by atoms with Crippen LogP contribution < -0.4 is 10.9 Å². The summed E-state index contributed by atoms with van der Waals surface area (Å²) in [4.78, 5) is 34.2. The first-order valence-electron chi connectivity index (χ1n) is 9.99. The molecule has 0 aliphatic rings. The van der Waals surface area contributed by atoms with Gasteiger partial charge in [-0.1, -0.05) is 13.8 Å². The average Bonchev–Trinajstić information content (AvgIpc) is 3.08. The highest BCUT2D eigenvalue weighted by Gasteiger charge is 2.18. The molecule has 0 saturated heterocycles. The fourth-order valence-corrected chi connectivity index (χ4v) is 3.40. The molecular weight excluding hydrogens is 396 g/mol. The third kappa shape index (κ3) is 4.50. The van der Waals surface area contributed by atoms with Crippen molar-refractivity contribution in [1.82, 2.24) is 29.5 Å². The first-order chi connectivity index (χ1) is 14.8. The molecule has 0 bridgehead atoms. The third-order valence-electron chi connectivity index (χ3n) is 4.69. The molecule has 0 unspecified atom stereocenters. The first kappa shape index (κ1) is 21.8. The summed E-state index contributed by atoms with van der Waals surface area (Å²) in [6.07, 6.45) is 1.07. The van der Waals surface area contributed by atoms with Crippen LogP contribution in [0.3, 0.4) is 0 Å². The Labute approximate surface area is 179 Å². The van der Waals surface area contributed by atoms with Crippen LogP contribution in [0.2, 0.25) is 0 Å². The predicted octanol–water partition coefficient (Wildman–Crippen LogP) is 1.78. The van der Waals surface area contributed by atoms with Crippen LogP contribution in [0.15, 0.2) is 16.9 Å². The molecule has 0 aliphatic heterocycles. The number of aryl methyl sites for hydroxylation is 4. The topological polar surface area (TPSA) is 131 Å². The Kier molecular flexibility index (Phi) is 6.25. The normalized spacial score (nSPS) is 10.7. The molecule has 0 spiro atoms. The van der Waals surface area contributed by atoms with E-state index in [9.17, 15) is 14.9 Å². The van der Waals surface area contributed by atoms with Gasteiger partial charge < -0.3 is 5.32 Å². The van der Waals surface area contributed by atoms with Crippen LogP contribution in [0.25, 0.3) is 5.95 Å². The Morgan fingerprint density at radius 3 is 2.32 bits per heavy atom. The zero-order chi connectivity index (χ0) is 22.7. The van der Waals surface area contributed by atoms with Gasteiger partial charge in [0.1, 0.15) is 24.0 Å². The molecule has 0 saturated carbocycles. The number of hydrogen-bond donors (Lipinski definition) is 1. The number of nitrogens with zero attached hydrogens (tertiary/aromatic N) is 7. The molecular formula is C21H24N8O2. The summed E-state index contributed by atoms with van der Waals surface area (Å²) in [7, 11) is 0. The summed E-state index contributed by atoms with van der Waals surface area (Å²) in [5.41, 5.74) is 2.94. The van der Waals surface area contributed by atoms with Crippen LogP contribution in [-0.4, -0.2) is 35.4 Å². The fourth-order valence-electron chi connectivity index (χ4n) is 3.40. The molecule has 0 aliphatic carbocycles. The molecule has 1 amide bonds. The lowest BCUT2D eigenvalue weighted by molar-refractivity contribution is -0.117. The van der Waals surface area contributed by atoms with Gasteiger partial charge in [0.05, 0.1) is 11.4 Å². The van der Waals surface area contributed by atoms with Gasteiger partial charge in [-0.05, 0) is 45.2 Å². The highest BCUT2D eigenvalue weighted by atomic mass is 16.2. The van der Waals surface area contributed by atoms with Gasteiger partial charge in [0, 0.05) is 17.5 Å². The molecule has 0 fully saturated rings. The van der Waals surface area contributed by atoms with Gasteiger partial charge in [0.25, 0.3) is 11.5 Å². The Hall–Kier alpha value is -3.87. The van der Waals surface area contributed by atoms with E-state index in [1.807, 2.05) is 39.8 Å². The van der Waals surface area contributed by atoms with Crippen molar-refractivity contribution in [2.45, 2.75) is 54.0 Å². The zero-order valence-electron chi connectivity index (χ0n) is 18.2. The van der Waals surface area contributed by atoms with E-state index in [2.05, 4.69) is 25.5 Å². The van der Waals surface area contributed by atoms with Crippen LogP contribution in [-0.2, 0) is 24.2 Å². The van der Waals surface area contributed by atoms with E-state index in [1.165, 1.54) is 4.68 Å². The largest absolute Gasteiger partial charge is 0.309 e. The van der Waals surface area contributed by atoms with Crippen LogP contribution in [0.1, 0.15) is 47.8 Å². The summed E-state index contributed by atoms with van der Waals surface area (Å²) in [6, 6.07) is 5.49. The van der Waals surface area contributed by atoms with Gasteiger partial charge in [0.15, 0.2) is 0 Å². The Morgan fingerprint density at radius 1 is 1.06 bits per heavy atom. The number of hydrogen-bond acceptors (Lipinski definition) is 7. The standard InChI is InChI=1S/C21H24N8O2/c1-6-15-16(10-22)20(31)28(27-17(15)7-2)11-19(30)25-18-9-14(5)26-29(18)21-23-12(3)8-13(4)24-21/h8-9H,6-7,11H2,1-5H3,(H,25,30). The molecule has 0 aromatic carbocycles. The molecule has 1 N–H and O–H groups in total. The number of nitriles is 1. The summed E-state index contributed by atoms with van der Waals surface area (Å²) in [5, 5.41) is 20.9. The van der Waals surface area contributed by atoms with E-state index in [-0.39, 0.29) is 12.1 Å². The van der Waals surface area contributed by atoms with E-state index in [4.69, 9.17) is 0 Å². The molecule has 3 aromatic heterocycles. The van der Waals surface area contributed by atoms with E-state index >= 15 is 0 Å². The van der Waals surface area contributed by atoms with E-state index in [1.54, 1.807) is 13.0 Å². The van der Waals surface area contributed by atoms with E-state index in [0.717, 1.165) is 16.1 Å². The summed E-state index contributed by atoms with van der Waals surface area (Å²) >= 11 is 0. The molecule has 0 atom stereocenters. The Morgan fingerprint density at radius 2 is 1.74 bits per heavy atom. The minimum absolute atomic E-state index is 0.0340. The quantitative estimate of drug-likeness (QED) is 0.643. The van der Waals surface area contributed by atoms with Crippen LogP contribution in [0, 0.1) is 32.1 Å². The zero-order valence-corrected chi connectivity index (χ0v) is 18.2. The van der Waals surface area contributed by atoms with Crippen molar-refractivity contribution in [3.8, 4) is 12.0 Å². The fraction of sp³-hybridized carbons (Fsp3) is 0.381. The SMILES string of the molecule is CCc1nn(CC(=O)Nc2cc(C)nn2-c2nc(C)cc(C)n2)c(=O)c(C#N)c1CC. The lowest BCUT2D eigenvalue weighted by Gasteiger charge is -2.12. The second-order valence-corrected chi connectivity index (χ2v) is 7.16. The van der Waals surface area contributed by atoms with Gasteiger partial charge in [-0.2, -0.15) is 20.1 Å². The summed E-state index contributed by atoms with van der Waals surface area (Å²) in [5.74, 6) is 0.237. The van der Waals surface area contributed by atoms with Crippen molar-refractivity contribution >= 4 is 11.7 Å². The van der Waals surface area contributed by atoms with E-state index < -0.39 is 11.5 Å². The lowest BCUT2D eigenvalue weighted by Crippen LogP contribution is -2.33. The second kappa shape index (κ2) is 8.87.